The Hall–Kier alpha value is -1.14. The van der Waals surface area contributed by atoms with Gasteiger partial charge in [0, 0.05) is 14.5 Å². The Labute approximate surface area is 138 Å². The minimum absolute atomic E-state index is 0.0791. The first-order valence-electron chi connectivity index (χ1n) is 6.31. The van der Waals surface area contributed by atoms with Crippen LogP contribution in [0.25, 0.3) is 0 Å². The maximum atomic E-state index is 13.9. The molecule has 2 aromatic carbocycles. The van der Waals surface area contributed by atoms with Crippen LogP contribution < -0.4 is 5.32 Å². The quantitative estimate of drug-likeness (QED) is 0.659. The summed E-state index contributed by atoms with van der Waals surface area (Å²) in [5.74, 6) is -1.29. The molecule has 1 unspecified atom stereocenters. The molecule has 0 spiro atoms. The van der Waals surface area contributed by atoms with E-state index in [0.717, 1.165) is 4.47 Å². The minimum atomic E-state index is -0.685. The topological polar surface area (TPSA) is 32.3 Å². The van der Waals surface area contributed by atoms with Gasteiger partial charge >= 0.3 is 0 Å². The molecule has 2 rings (SSSR count). The Bertz CT molecular complexity index is 641. The zero-order valence-corrected chi connectivity index (χ0v) is 14.3. The van der Waals surface area contributed by atoms with E-state index < -0.39 is 17.7 Å². The molecule has 0 fully saturated rings. The lowest BCUT2D eigenvalue weighted by Gasteiger charge is -2.21. The number of phenols is 1. The highest BCUT2D eigenvalue weighted by molar-refractivity contribution is 9.10. The van der Waals surface area contributed by atoms with Gasteiger partial charge in [0.25, 0.3) is 0 Å². The summed E-state index contributed by atoms with van der Waals surface area (Å²) >= 11 is 6.37. The number of halogens is 4. The van der Waals surface area contributed by atoms with Gasteiger partial charge in [-0.25, -0.2) is 8.78 Å². The third-order valence-electron chi connectivity index (χ3n) is 3.10. The van der Waals surface area contributed by atoms with Gasteiger partial charge in [0.15, 0.2) is 0 Å². The number of phenolic OH excluding ortho intramolecular Hbond substituents is 1. The molecule has 0 radical (unpaired) electrons. The van der Waals surface area contributed by atoms with E-state index in [1.54, 1.807) is 12.1 Å². The number of rotatable bonds is 4. The van der Waals surface area contributed by atoms with Crippen molar-refractivity contribution in [3.8, 4) is 5.75 Å². The third-order valence-corrected chi connectivity index (χ3v) is 4.05. The predicted molar refractivity (Wildman–Crippen MR) is 86.5 cm³/mol. The van der Waals surface area contributed by atoms with Gasteiger partial charge in [-0.2, -0.15) is 0 Å². The van der Waals surface area contributed by atoms with Crippen molar-refractivity contribution < 1.29 is 13.9 Å². The first-order chi connectivity index (χ1) is 9.92. The second-order valence-electron chi connectivity index (χ2n) is 4.55. The van der Waals surface area contributed by atoms with Crippen LogP contribution in [0.15, 0.2) is 39.3 Å². The van der Waals surface area contributed by atoms with Crippen molar-refractivity contribution in [2.45, 2.75) is 19.4 Å². The smallest absolute Gasteiger partial charge is 0.150 e. The van der Waals surface area contributed by atoms with Crippen molar-refractivity contribution in [3.63, 3.8) is 0 Å². The first kappa shape index (κ1) is 16.2. The molecule has 1 atom stereocenters. The Morgan fingerprint density at radius 1 is 1.10 bits per heavy atom. The lowest BCUT2D eigenvalue weighted by atomic mass is 10.0. The number of hydrogen-bond acceptors (Lipinski definition) is 2. The average molecular weight is 421 g/mol. The lowest BCUT2D eigenvalue weighted by Crippen LogP contribution is -2.12. The Kier molecular flexibility index (Phi) is 5.22. The molecular weight excluding hydrogens is 408 g/mol. The molecule has 2 aromatic rings. The molecular formula is C15H13Br2F2NO. The van der Waals surface area contributed by atoms with Crippen molar-refractivity contribution in [1.82, 2.24) is 0 Å². The zero-order valence-electron chi connectivity index (χ0n) is 11.1. The molecule has 2 N–H and O–H groups in total. The van der Waals surface area contributed by atoms with E-state index >= 15 is 0 Å². The molecule has 0 heterocycles. The minimum Gasteiger partial charge on any atom is -0.508 e. The van der Waals surface area contributed by atoms with E-state index in [-0.39, 0.29) is 11.4 Å². The summed E-state index contributed by atoms with van der Waals surface area (Å²) in [6, 6.07) is 6.94. The van der Waals surface area contributed by atoms with Crippen LogP contribution in [0, 0.1) is 11.6 Å². The van der Waals surface area contributed by atoms with Gasteiger partial charge < -0.3 is 10.4 Å². The predicted octanol–water partition coefficient (Wildman–Crippen LogP) is 5.76. The normalized spacial score (nSPS) is 12.2. The van der Waals surface area contributed by atoms with E-state index in [1.165, 1.54) is 18.2 Å². The molecule has 0 aliphatic heterocycles. The molecule has 2 nitrogen and oxygen atoms in total. The molecule has 112 valence electrons. The highest BCUT2D eigenvalue weighted by Crippen LogP contribution is 2.34. The highest BCUT2D eigenvalue weighted by Gasteiger charge is 2.18. The summed E-state index contributed by atoms with van der Waals surface area (Å²) in [5.41, 5.74) is 0.373. The zero-order chi connectivity index (χ0) is 15.6. The number of benzene rings is 2. The van der Waals surface area contributed by atoms with Crippen LogP contribution in [-0.2, 0) is 0 Å². The summed E-state index contributed by atoms with van der Waals surface area (Å²) in [4.78, 5) is 0. The maximum absolute atomic E-state index is 13.9. The lowest BCUT2D eigenvalue weighted by molar-refractivity contribution is 0.462. The highest BCUT2D eigenvalue weighted by atomic mass is 79.9. The summed E-state index contributed by atoms with van der Waals surface area (Å²) in [7, 11) is 0. The van der Waals surface area contributed by atoms with Gasteiger partial charge in [0.2, 0.25) is 0 Å². The second-order valence-corrected chi connectivity index (χ2v) is 6.38. The van der Waals surface area contributed by atoms with Gasteiger partial charge in [-0.1, -0.05) is 38.8 Å². The van der Waals surface area contributed by atoms with Crippen molar-refractivity contribution in [2.75, 3.05) is 5.32 Å². The van der Waals surface area contributed by atoms with Gasteiger partial charge in [-0.3, -0.25) is 0 Å². The molecule has 0 aliphatic carbocycles. The van der Waals surface area contributed by atoms with Gasteiger partial charge in [0.05, 0.1) is 6.04 Å². The van der Waals surface area contributed by atoms with E-state index in [0.29, 0.717) is 16.5 Å². The van der Waals surface area contributed by atoms with E-state index in [9.17, 15) is 13.9 Å². The maximum Gasteiger partial charge on any atom is 0.150 e. The second kappa shape index (κ2) is 6.75. The van der Waals surface area contributed by atoms with E-state index in [1.807, 2.05) is 6.92 Å². The Morgan fingerprint density at radius 2 is 1.71 bits per heavy atom. The fourth-order valence-corrected chi connectivity index (χ4v) is 2.84. The fraction of sp³-hybridized carbons (Fsp3) is 0.200. The molecule has 0 saturated carbocycles. The first-order valence-corrected chi connectivity index (χ1v) is 7.90. The van der Waals surface area contributed by atoms with Gasteiger partial charge in [-0.05, 0) is 36.8 Å². The van der Waals surface area contributed by atoms with Crippen molar-refractivity contribution in [1.29, 1.82) is 0 Å². The molecule has 21 heavy (non-hydrogen) atoms. The van der Waals surface area contributed by atoms with Crippen LogP contribution in [0.4, 0.5) is 14.5 Å². The van der Waals surface area contributed by atoms with E-state index in [2.05, 4.69) is 37.2 Å². The van der Waals surface area contributed by atoms with E-state index in [4.69, 9.17) is 0 Å². The summed E-state index contributed by atoms with van der Waals surface area (Å²) in [6.45, 7) is 1.87. The van der Waals surface area contributed by atoms with Crippen molar-refractivity contribution >= 4 is 37.5 Å². The Balaban J connectivity index is 2.38. The SMILES string of the molecule is CCC(Nc1c(F)cc(Br)cc1F)c1cc(Br)ccc1O. The number of nitrogens with one attached hydrogen (secondary N) is 1. The van der Waals surface area contributed by atoms with Crippen LogP contribution in [-0.4, -0.2) is 5.11 Å². The summed E-state index contributed by atoms with van der Waals surface area (Å²) in [5, 5.41) is 12.8. The number of hydrogen-bond donors (Lipinski definition) is 2. The summed E-state index contributed by atoms with van der Waals surface area (Å²) < 4.78 is 28.9. The van der Waals surface area contributed by atoms with Crippen molar-refractivity contribution in [3.05, 3.63) is 56.5 Å². The van der Waals surface area contributed by atoms with Crippen LogP contribution in [0.1, 0.15) is 24.9 Å². The molecule has 0 bridgehead atoms. The van der Waals surface area contributed by atoms with Crippen LogP contribution in [0.5, 0.6) is 5.75 Å². The van der Waals surface area contributed by atoms with Crippen LogP contribution in [0.3, 0.4) is 0 Å². The summed E-state index contributed by atoms with van der Waals surface area (Å²) in [6.07, 6.45) is 0.555. The largest absolute Gasteiger partial charge is 0.508 e. The molecule has 0 aromatic heterocycles. The third kappa shape index (κ3) is 3.74. The molecule has 0 saturated heterocycles. The average Bonchev–Trinajstić information content (AvgIpc) is 2.41. The number of aromatic hydroxyl groups is 1. The van der Waals surface area contributed by atoms with Gasteiger partial charge in [-0.15, -0.1) is 0 Å². The molecule has 0 aliphatic rings. The Morgan fingerprint density at radius 3 is 2.29 bits per heavy atom. The monoisotopic (exact) mass is 419 g/mol. The molecule has 6 heteroatoms. The van der Waals surface area contributed by atoms with Gasteiger partial charge in [0.1, 0.15) is 23.1 Å². The van der Waals surface area contributed by atoms with Crippen LogP contribution >= 0.6 is 31.9 Å². The standard InChI is InChI=1S/C15H13Br2F2NO/c1-2-13(10-5-8(16)3-4-14(10)21)20-15-11(18)6-9(17)7-12(15)19/h3-7,13,20-21H,2H2,1H3. The van der Waals surface area contributed by atoms with Crippen LogP contribution in [0.2, 0.25) is 0 Å². The van der Waals surface area contributed by atoms with Crippen molar-refractivity contribution in [2.24, 2.45) is 0 Å². The fourth-order valence-electron chi connectivity index (χ4n) is 2.06. The molecule has 0 amide bonds. The number of anilines is 1.